The molecule has 0 heterocycles. The van der Waals surface area contributed by atoms with Crippen LogP contribution < -0.4 is 4.72 Å². The van der Waals surface area contributed by atoms with Crippen LogP contribution in [0.4, 0.5) is 0 Å². The first-order valence-electron chi connectivity index (χ1n) is 6.23. The maximum Gasteiger partial charge on any atom is 0.241 e. The normalized spacial score (nSPS) is 15.2. The van der Waals surface area contributed by atoms with Gasteiger partial charge in [0.2, 0.25) is 10.0 Å². The topological polar surface area (TPSA) is 66.4 Å². The summed E-state index contributed by atoms with van der Waals surface area (Å²) in [6, 6.07) is 4.66. The lowest BCUT2D eigenvalue weighted by atomic mass is 10.0. The molecule has 0 radical (unpaired) electrons. The summed E-state index contributed by atoms with van der Waals surface area (Å²) in [5.74, 6) is 0.259. The highest BCUT2D eigenvalue weighted by Gasteiger charge is 2.22. The van der Waals surface area contributed by atoms with E-state index in [0.29, 0.717) is 10.0 Å². The minimum absolute atomic E-state index is 0.139. The molecule has 0 amide bonds. The number of aliphatic hydroxyl groups is 1. The van der Waals surface area contributed by atoms with Gasteiger partial charge in [-0.25, -0.2) is 13.1 Å². The average Bonchev–Trinajstić information content (AvgIpc) is 2.37. The third-order valence-corrected chi connectivity index (χ3v) is 5.86. The summed E-state index contributed by atoms with van der Waals surface area (Å²) >= 11 is 3.24. The fourth-order valence-electron chi connectivity index (χ4n) is 1.63. The van der Waals surface area contributed by atoms with E-state index in [-0.39, 0.29) is 23.5 Å². The Morgan fingerprint density at radius 3 is 2.53 bits per heavy atom. The molecule has 2 atom stereocenters. The van der Waals surface area contributed by atoms with E-state index in [1.165, 1.54) is 6.07 Å². The fraction of sp³-hybridized carbons (Fsp3) is 0.538. The number of rotatable bonds is 6. The van der Waals surface area contributed by atoms with Crippen molar-refractivity contribution in [3.63, 3.8) is 0 Å². The molecular weight excluding hydrogens is 330 g/mol. The first kappa shape index (κ1) is 16.6. The van der Waals surface area contributed by atoms with Gasteiger partial charge in [0.1, 0.15) is 0 Å². The van der Waals surface area contributed by atoms with E-state index >= 15 is 0 Å². The molecule has 2 N–H and O–H groups in total. The van der Waals surface area contributed by atoms with Crippen LogP contribution in [0.25, 0.3) is 0 Å². The number of nitrogens with one attached hydrogen (secondary N) is 1. The van der Waals surface area contributed by atoms with E-state index in [0.717, 1.165) is 6.42 Å². The lowest BCUT2D eigenvalue weighted by molar-refractivity contribution is 0.281. The van der Waals surface area contributed by atoms with Gasteiger partial charge in [-0.1, -0.05) is 26.3 Å². The molecule has 0 spiro atoms. The number of sulfonamides is 1. The molecule has 2 unspecified atom stereocenters. The summed E-state index contributed by atoms with van der Waals surface area (Å²) < 4.78 is 27.8. The summed E-state index contributed by atoms with van der Waals surface area (Å²) in [5, 5.41) is 9.10. The van der Waals surface area contributed by atoms with E-state index in [9.17, 15) is 8.42 Å². The highest BCUT2D eigenvalue weighted by atomic mass is 79.9. The summed E-state index contributed by atoms with van der Waals surface area (Å²) in [5.41, 5.74) is 0.569. The molecule has 0 aromatic heterocycles. The first-order valence-corrected chi connectivity index (χ1v) is 8.51. The van der Waals surface area contributed by atoms with Crippen molar-refractivity contribution < 1.29 is 13.5 Å². The van der Waals surface area contributed by atoms with Crippen molar-refractivity contribution in [2.75, 3.05) is 0 Å². The van der Waals surface area contributed by atoms with E-state index < -0.39 is 10.0 Å². The predicted molar refractivity (Wildman–Crippen MR) is 79.3 cm³/mol. The molecule has 19 heavy (non-hydrogen) atoms. The Morgan fingerprint density at radius 2 is 2.00 bits per heavy atom. The van der Waals surface area contributed by atoms with Crippen LogP contribution in [0.5, 0.6) is 0 Å². The van der Waals surface area contributed by atoms with E-state index in [1.807, 2.05) is 20.8 Å². The van der Waals surface area contributed by atoms with Crippen LogP contribution in [0.3, 0.4) is 0 Å². The number of hydrogen-bond acceptors (Lipinski definition) is 3. The second-order valence-corrected chi connectivity index (χ2v) is 7.26. The van der Waals surface area contributed by atoms with Crippen molar-refractivity contribution in [2.45, 2.75) is 44.7 Å². The molecule has 0 bridgehead atoms. The van der Waals surface area contributed by atoms with Gasteiger partial charge in [-0.15, -0.1) is 0 Å². The zero-order chi connectivity index (χ0) is 14.6. The smallest absolute Gasteiger partial charge is 0.241 e. The molecule has 0 saturated carbocycles. The quantitative estimate of drug-likeness (QED) is 0.829. The lowest BCUT2D eigenvalue weighted by Crippen LogP contribution is -2.37. The van der Waals surface area contributed by atoms with Crippen LogP contribution in [0.15, 0.2) is 27.6 Å². The summed E-state index contributed by atoms with van der Waals surface area (Å²) in [6.07, 6.45) is 0.904. The van der Waals surface area contributed by atoms with Crippen molar-refractivity contribution in [1.82, 2.24) is 4.72 Å². The maximum atomic E-state index is 12.3. The Kier molecular flexibility index (Phi) is 5.98. The summed E-state index contributed by atoms with van der Waals surface area (Å²) in [7, 11) is -3.59. The third kappa shape index (κ3) is 4.27. The molecular formula is C13H20BrNO3S. The monoisotopic (exact) mass is 349 g/mol. The van der Waals surface area contributed by atoms with Crippen LogP contribution >= 0.6 is 15.9 Å². The standard InChI is InChI=1S/C13H20BrNO3S/c1-4-9(2)10(3)15-19(17,18)13-7-11(8-16)5-6-12(13)14/h5-7,9-10,15-16H,4,8H2,1-3H3. The van der Waals surface area contributed by atoms with Gasteiger partial charge < -0.3 is 5.11 Å². The van der Waals surface area contributed by atoms with Crippen molar-refractivity contribution in [2.24, 2.45) is 5.92 Å². The molecule has 0 saturated heterocycles. The van der Waals surface area contributed by atoms with Gasteiger partial charge in [-0.2, -0.15) is 0 Å². The van der Waals surface area contributed by atoms with Crippen LogP contribution in [-0.4, -0.2) is 19.6 Å². The molecule has 108 valence electrons. The van der Waals surface area contributed by atoms with Crippen molar-refractivity contribution in [3.05, 3.63) is 28.2 Å². The lowest BCUT2D eigenvalue weighted by Gasteiger charge is -2.20. The molecule has 4 nitrogen and oxygen atoms in total. The minimum atomic E-state index is -3.59. The third-order valence-electron chi connectivity index (χ3n) is 3.31. The highest BCUT2D eigenvalue weighted by Crippen LogP contribution is 2.24. The van der Waals surface area contributed by atoms with Gasteiger partial charge in [-0.05, 0) is 46.5 Å². The van der Waals surface area contributed by atoms with Crippen molar-refractivity contribution in [3.8, 4) is 0 Å². The molecule has 1 rings (SSSR count). The Labute approximate surface area is 123 Å². The highest BCUT2D eigenvalue weighted by molar-refractivity contribution is 9.10. The number of benzene rings is 1. The van der Waals surface area contributed by atoms with Gasteiger partial charge in [0.05, 0.1) is 11.5 Å². The molecule has 0 fully saturated rings. The summed E-state index contributed by atoms with van der Waals surface area (Å²) in [6.45, 7) is 5.70. The SMILES string of the molecule is CCC(C)C(C)NS(=O)(=O)c1cc(CO)ccc1Br. The number of aliphatic hydroxyl groups excluding tert-OH is 1. The second-order valence-electron chi connectivity index (χ2n) is 4.72. The minimum Gasteiger partial charge on any atom is -0.392 e. The number of halogens is 1. The zero-order valence-corrected chi connectivity index (χ0v) is 13.8. The van der Waals surface area contributed by atoms with Crippen LogP contribution in [0.1, 0.15) is 32.8 Å². The van der Waals surface area contributed by atoms with Crippen molar-refractivity contribution in [1.29, 1.82) is 0 Å². The van der Waals surface area contributed by atoms with Gasteiger partial charge in [0.15, 0.2) is 0 Å². The first-order chi connectivity index (χ1) is 8.81. The Balaban J connectivity index is 3.06. The van der Waals surface area contributed by atoms with Crippen LogP contribution in [-0.2, 0) is 16.6 Å². The second kappa shape index (κ2) is 6.83. The number of hydrogen-bond donors (Lipinski definition) is 2. The molecule has 0 aliphatic rings. The largest absolute Gasteiger partial charge is 0.392 e. The van der Waals surface area contributed by atoms with Crippen molar-refractivity contribution >= 4 is 26.0 Å². The summed E-state index contributed by atoms with van der Waals surface area (Å²) in [4.78, 5) is 0.161. The van der Waals surface area contributed by atoms with Gasteiger partial charge in [0.25, 0.3) is 0 Å². The van der Waals surface area contributed by atoms with E-state index in [1.54, 1.807) is 12.1 Å². The zero-order valence-electron chi connectivity index (χ0n) is 11.4. The average molecular weight is 350 g/mol. The Bertz CT molecular complexity index is 531. The van der Waals surface area contributed by atoms with Gasteiger partial charge in [0, 0.05) is 10.5 Å². The maximum absolute atomic E-state index is 12.3. The Morgan fingerprint density at radius 1 is 1.37 bits per heavy atom. The predicted octanol–water partition coefficient (Wildman–Crippen LogP) is 2.65. The van der Waals surface area contributed by atoms with Gasteiger partial charge in [-0.3, -0.25) is 0 Å². The van der Waals surface area contributed by atoms with E-state index in [2.05, 4.69) is 20.7 Å². The Hall–Kier alpha value is -0.430. The van der Waals surface area contributed by atoms with Crippen LogP contribution in [0.2, 0.25) is 0 Å². The molecule has 1 aromatic carbocycles. The molecule has 6 heteroatoms. The van der Waals surface area contributed by atoms with Gasteiger partial charge >= 0.3 is 0 Å². The molecule has 0 aliphatic carbocycles. The van der Waals surface area contributed by atoms with Crippen LogP contribution in [0, 0.1) is 5.92 Å². The fourth-order valence-corrected chi connectivity index (χ4v) is 4.00. The van der Waals surface area contributed by atoms with E-state index in [4.69, 9.17) is 5.11 Å². The molecule has 1 aromatic rings. The molecule has 0 aliphatic heterocycles.